The lowest BCUT2D eigenvalue weighted by molar-refractivity contribution is -0.433. The highest BCUT2D eigenvalue weighted by Crippen LogP contribution is 2.70. The van der Waals surface area contributed by atoms with Gasteiger partial charge in [-0.15, -0.1) is 0 Å². The van der Waals surface area contributed by atoms with Crippen molar-refractivity contribution < 1.29 is 43.7 Å². The summed E-state index contributed by atoms with van der Waals surface area (Å²) in [5.74, 6) is 4.20. The maximum atomic E-state index is 14.5. The van der Waals surface area contributed by atoms with E-state index in [4.69, 9.17) is 14.5 Å². The van der Waals surface area contributed by atoms with Crippen LogP contribution >= 0.6 is 0 Å². The molecule has 3 heterocycles. The normalized spacial score (nSPS) is 38.9. The molecule has 3 aliphatic heterocycles. The van der Waals surface area contributed by atoms with E-state index in [2.05, 4.69) is 144 Å². The van der Waals surface area contributed by atoms with Crippen LogP contribution in [0.2, 0.25) is 0 Å². The van der Waals surface area contributed by atoms with Crippen LogP contribution in [0.15, 0.2) is 60.3 Å². The second-order valence-electron chi connectivity index (χ2n) is 34.1. The molecular weight excluding hydrogens is 1160 g/mol. The number of Topliss-reactive ketones (excluding diaryl/α,β-unsaturated/α-hetero) is 2. The van der Waals surface area contributed by atoms with Crippen molar-refractivity contribution in [3.8, 4) is 0 Å². The maximum absolute atomic E-state index is 14.5. The van der Waals surface area contributed by atoms with Gasteiger partial charge in [0.05, 0.1) is 37.3 Å². The summed E-state index contributed by atoms with van der Waals surface area (Å²) in [5, 5.41) is 26.3. The van der Waals surface area contributed by atoms with Gasteiger partial charge in [-0.25, -0.2) is 9.78 Å². The molecule has 0 spiro atoms. The minimum atomic E-state index is -0.344. The van der Waals surface area contributed by atoms with Crippen LogP contribution in [-0.4, -0.2) is 112 Å². The number of nitrogens with one attached hydrogen (secondary N) is 1. The summed E-state index contributed by atoms with van der Waals surface area (Å²) in [6, 6.07) is 13.5. The highest BCUT2D eigenvalue weighted by atomic mass is 17.2. The zero-order chi connectivity index (χ0) is 65.5. The molecule has 1 saturated heterocycles. The molecule has 3 N–H and O–H groups in total. The molecular formula is C81H119N4O8+. The monoisotopic (exact) mass is 1280 g/mol. The molecule has 13 rings (SSSR count). The number of unbranched alkanes of at least 4 members (excludes halogenated alkanes) is 3. The third-order valence-corrected chi connectivity index (χ3v) is 29.3. The number of rotatable bonds is 20. The minimum Gasteiger partial charge on any atom is -0.446 e. The number of aliphatic hydroxyl groups excluding tert-OH is 2. The Morgan fingerprint density at radius 1 is 0.656 bits per heavy atom. The van der Waals surface area contributed by atoms with Crippen LogP contribution in [0.1, 0.15) is 258 Å². The largest absolute Gasteiger partial charge is 0.446 e. The topological polar surface area (TPSA) is 141 Å². The molecule has 0 amide bonds. The maximum Gasteiger partial charge on any atom is 0.311 e. The van der Waals surface area contributed by atoms with E-state index in [1.807, 2.05) is 0 Å². The lowest BCUT2D eigenvalue weighted by Gasteiger charge is -2.68. The Hall–Kier alpha value is -4.04. The zero-order valence-corrected chi connectivity index (χ0v) is 59.1. The van der Waals surface area contributed by atoms with E-state index < -0.39 is 0 Å². The van der Waals surface area contributed by atoms with E-state index in [0.29, 0.717) is 79.6 Å². The predicted molar refractivity (Wildman–Crippen MR) is 369 cm³/mol. The Kier molecular flexibility index (Phi) is 18.9. The number of likely N-dealkylation sites (N-methyl/N-ethyl adjacent to an activating group) is 1. The Bertz CT molecular complexity index is 3240. The summed E-state index contributed by atoms with van der Waals surface area (Å²) in [6.07, 6.45) is 32.9. The molecule has 93 heavy (non-hydrogen) atoms. The molecule has 0 bridgehead atoms. The molecule has 2 aromatic rings. The third kappa shape index (κ3) is 11.4. The number of carbonyl (C=O) groups is 3. The van der Waals surface area contributed by atoms with Gasteiger partial charge in [0.2, 0.25) is 5.69 Å². The molecule has 9 fully saturated rings. The second kappa shape index (κ2) is 26.0. The van der Waals surface area contributed by atoms with Gasteiger partial charge in [0.25, 0.3) is 0 Å². The fraction of sp³-hybridized carbons (Fsp3) is 0.753. The Morgan fingerprint density at radius 3 is 2.03 bits per heavy atom. The minimum absolute atomic E-state index is 0.00536. The Labute approximate surface area is 559 Å². The fourth-order valence-electron chi connectivity index (χ4n) is 23.9. The van der Waals surface area contributed by atoms with Crippen molar-refractivity contribution in [1.29, 1.82) is 0 Å². The van der Waals surface area contributed by atoms with E-state index in [1.54, 1.807) is 0 Å². The van der Waals surface area contributed by atoms with Crippen molar-refractivity contribution in [2.24, 2.45) is 57.2 Å². The van der Waals surface area contributed by atoms with Gasteiger partial charge in [0.15, 0.2) is 11.9 Å². The summed E-state index contributed by atoms with van der Waals surface area (Å²) in [7, 11) is 0. The molecule has 8 aliphatic carbocycles. The summed E-state index contributed by atoms with van der Waals surface area (Å²) in [5.41, 5.74) is 8.98. The first-order chi connectivity index (χ1) is 44.5. The molecule has 12 heteroatoms. The van der Waals surface area contributed by atoms with Gasteiger partial charge in [0.1, 0.15) is 18.1 Å². The number of esters is 1. The number of anilines is 1. The van der Waals surface area contributed by atoms with E-state index >= 15 is 0 Å². The number of ketones is 2. The third-order valence-electron chi connectivity index (χ3n) is 29.3. The number of carbonyl (C=O) groups excluding carboxylic acids is 3. The SMILES string of the molecule is CCN1/C(=C/C=C/C2=[N+](CC)c3ccc(CCOOCCCCCCN[C@]45CCC6C7CC[C@H](O)[C@@]7(C)CCC6[C@@]4(C)CCC(=O)C5)cc3C2(C)C)C(C)(C)c2cc(CC(=O)OC3CCCCCN3[C@]34CCC5C6CC[C@H](O)[C@@]6(C)CCC5[C@@]3(C)CCC(=O)C4)ccc21. The van der Waals surface area contributed by atoms with Gasteiger partial charge in [-0.2, -0.15) is 4.58 Å². The number of ether oxygens (including phenoxy) is 1. The van der Waals surface area contributed by atoms with Crippen LogP contribution in [0, 0.1) is 57.2 Å². The summed E-state index contributed by atoms with van der Waals surface area (Å²) in [6.45, 7) is 28.2. The standard InChI is InChI=1S/C81H119N4O8/c1-11-83-66-28-24-54(38-48-92-91-47-19-14-13-17-45-82-80-43-34-58-60-26-30-70(88)76(60,7)39-36-62(58)78(80,9)41-32-56(86)52-80)49-64(66)74(3,4)68(83)21-20-22-69-75(5,6)65-50-55(25-29-67(65)84(69)12-2)51-73(90)93-72-23-16-15-18-46-85(72)81-44-35-59-61-27-31-71(89)77(61,8)40-37-63(59)79(81,10)42-33-57(87)53-81/h20-22,24-25,28-29,49-50,58-63,70-72,82,88-89H,11-19,23,26-27,30-48,51-53H2,1-10H3/q+1/t58?,59?,60?,61?,62?,63?,70-,71-,72?,76-,77-,78+,79+,80-,81-/m0/s1. The van der Waals surface area contributed by atoms with Gasteiger partial charge in [-0.1, -0.05) is 85.1 Å². The molecule has 15 atom stereocenters. The number of aliphatic hydroxyl groups is 2. The molecule has 2 aromatic carbocycles. The van der Waals surface area contributed by atoms with Crippen molar-refractivity contribution in [2.45, 2.75) is 289 Å². The van der Waals surface area contributed by atoms with Crippen molar-refractivity contribution in [1.82, 2.24) is 10.2 Å². The van der Waals surface area contributed by atoms with Gasteiger partial charge in [-0.05, 0) is 255 Å². The fourth-order valence-corrected chi connectivity index (χ4v) is 23.9. The van der Waals surface area contributed by atoms with Gasteiger partial charge >= 0.3 is 5.97 Å². The van der Waals surface area contributed by atoms with Crippen LogP contribution in [0.4, 0.5) is 11.4 Å². The van der Waals surface area contributed by atoms with Gasteiger partial charge < -0.3 is 25.2 Å². The first-order valence-electron chi connectivity index (χ1n) is 37.9. The Morgan fingerprint density at radius 2 is 1.31 bits per heavy atom. The molecule has 12 nitrogen and oxygen atoms in total. The smallest absolute Gasteiger partial charge is 0.311 e. The van der Waals surface area contributed by atoms with Crippen LogP contribution in [0.3, 0.4) is 0 Å². The van der Waals surface area contributed by atoms with Crippen molar-refractivity contribution in [3.63, 3.8) is 0 Å². The first-order valence-corrected chi connectivity index (χ1v) is 37.9. The number of benzene rings is 2. The summed E-state index contributed by atoms with van der Waals surface area (Å²) >= 11 is 0. The van der Waals surface area contributed by atoms with Crippen molar-refractivity contribution in [3.05, 3.63) is 82.6 Å². The van der Waals surface area contributed by atoms with E-state index in [-0.39, 0.29) is 74.4 Å². The van der Waals surface area contributed by atoms with Crippen LogP contribution in [-0.2, 0) is 52.6 Å². The molecule has 8 saturated carbocycles. The van der Waals surface area contributed by atoms with E-state index in [0.717, 1.165) is 167 Å². The van der Waals surface area contributed by atoms with Crippen molar-refractivity contribution >= 4 is 34.6 Å². The van der Waals surface area contributed by atoms with Crippen LogP contribution < -0.4 is 10.2 Å². The number of hydrogen-bond donors (Lipinski definition) is 3. The number of nitrogens with zero attached hydrogens (tertiary/aromatic N) is 3. The second-order valence-corrected chi connectivity index (χ2v) is 34.1. The van der Waals surface area contributed by atoms with Crippen molar-refractivity contribution in [2.75, 3.05) is 44.3 Å². The average molecular weight is 1280 g/mol. The summed E-state index contributed by atoms with van der Waals surface area (Å²) < 4.78 is 9.24. The van der Waals surface area contributed by atoms with E-state index in [1.165, 1.54) is 58.7 Å². The highest BCUT2D eigenvalue weighted by Gasteiger charge is 2.68. The average Bonchev–Trinajstić information content (AvgIpc) is 1.19. The number of likely N-dealkylation sites (tertiary alicyclic amines) is 1. The summed E-state index contributed by atoms with van der Waals surface area (Å²) in [4.78, 5) is 58.0. The van der Waals surface area contributed by atoms with E-state index in [9.17, 15) is 24.6 Å². The van der Waals surface area contributed by atoms with Gasteiger partial charge in [0, 0.05) is 84.4 Å². The number of hydrogen-bond acceptors (Lipinski definition) is 11. The van der Waals surface area contributed by atoms with Gasteiger partial charge in [-0.3, -0.25) is 19.3 Å². The number of fused-ring (bicyclic) bond motifs is 12. The van der Waals surface area contributed by atoms with Crippen LogP contribution in [0.5, 0.6) is 0 Å². The molecule has 0 aromatic heterocycles. The zero-order valence-electron chi connectivity index (χ0n) is 59.1. The molecule has 11 aliphatic rings. The molecule has 7 unspecified atom stereocenters. The quantitative estimate of drug-likeness (QED) is 0.0384. The molecule has 0 radical (unpaired) electrons. The lowest BCUT2D eigenvalue weighted by atomic mass is 9.42. The predicted octanol–water partition coefficient (Wildman–Crippen LogP) is 15.5. The number of allylic oxidation sites excluding steroid dienone is 4. The lowest BCUT2D eigenvalue weighted by Crippen LogP contribution is -2.71. The highest BCUT2D eigenvalue weighted by molar-refractivity contribution is 6.03. The Balaban J connectivity index is 0.589. The first kappa shape index (κ1) is 67.5. The van der Waals surface area contributed by atoms with Crippen LogP contribution in [0.25, 0.3) is 0 Å². The molecule has 510 valence electrons.